The Labute approximate surface area is 133 Å². The predicted octanol–water partition coefficient (Wildman–Crippen LogP) is 3.91. The van der Waals surface area contributed by atoms with Crippen LogP contribution >= 0.6 is 11.3 Å². The maximum atomic E-state index is 5.95. The Kier molecular flexibility index (Phi) is 7.81. The molecule has 0 saturated heterocycles. The first kappa shape index (κ1) is 18.6. The van der Waals surface area contributed by atoms with Gasteiger partial charge in [-0.3, -0.25) is 0 Å². The third kappa shape index (κ3) is 5.66. The molecule has 0 fully saturated rings. The molecule has 5 heteroatoms. The fourth-order valence-electron chi connectivity index (χ4n) is 2.14. The summed E-state index contributed by atoms with van der Waals surface area (Å²) in [6, 6.07) is 0. The van der Waals surface area contributed by atoms with Crippen LogP contribution in [-0.4, -0.2) is 25.2 Å². The lowest BCUT2D eigenvalue weighted by molar-refractivity contribution is -0.0135. The van der Waals surface area contributed by atoms with Gasteiger partial charge in [0.15, 0.2) is 0 Å². The van der Waals surface area contributed by atoms with E-state index in [1.807, 2.05) is 6.92 Å². The number of thiazole rings is 1. The molecule has 0 bridgehead atoms. The van der Waals surface area contributed by atoms with E-state index >= 15 is 0 Å². The number of methoxy groups -OCH3 is 1. The van der Waals surface area contributed by atoms with Crippen molar-refractivity contribution in [3.63, 3.8) is 0 Å². The van der Waals surface area contributed by atoms with Gasteiger partial charge in [0, 0.05) is 25.1 Å². The molecule has 1 rings (SSSR count). The van der Waals surface area contributed by atoms with E-state index in [0.717, 1.165) is 30.2 Å². The summed E-state index contributed by atoms with van der Waals surface area (Å²) < 4.78 is 11.2. The number of nitrogens with one attached hydrogen (secondary N) is 1. The number of rotatable bonds is 9. The van der Waals surface area contributed by atoms with E-state index in [-0.39, 0.29) is 11.5 Å². The number of aromatic nitrogens is 1. The van der Waals surface area contributed by atoms with Crippen molar-refractivity contribution in [1.29, 1.82) is 0 Å². The first-order valence-corrected chi connectivity index (χ1v) is 8.55. The summed E-state index contributed by atoms with van der Waals surface area (Å²) in [6.07, 6.45) is 1.16. The molecule has 0 spiro atoms. The number of hydrogen-bond donors (Lipinski definition) is 1. The highest BCUT2D eigenvalue weighted by atomic mass is 32.1. The van der Waals surface area contributed by atoms with Crippen LogP contribution in [0.5, 0.6) is 0 Å². The predicted molar refractivity (Wildman–Crippen MR) is 88.6 cm³/mol. The Morgan fingerprint density at radius 3 is 2.52 bits per heavy atom. The van der Waals surface area contributed by atoms with E-state index in [2.05, 4.69) is 33.0 Å². The zero-order valence-corrected chi connectivity index (χ0v) is 15.1. The van der Waals surface area contributed by atoms with Crippen molar-refractivity contribution < 1.29 is 9.47 Å². The smallest absolute Gasteiger partial charge is 0.123 e. The van der Waals surface area contributed by atoms with Crippen molar-refractivity contribution in [2.24, 2.45) is 5.41 Å². The molecular formula is C16H30N2O2S. The molecule has 21 heavy (non-hydrogen) atoms. The van der Waals surface area contributed by atoms with Crippen LogP contribution in [0.15, 0.2) is 0 Å². The molecule has 0 radical (unpaired) electrons. The van der Waals surface area contributed by atoms with Gasteiger partial charge in [0.25, 0.3) is 0 Å². The second-order valence-electron chi connectivity index (χ2n) is 6.23. The Balaban J connectivity index is 2.97. The van der Waals surface area contributed by atoms with Crippen LogP contribution in [-0.2, 0) is 22.6 Å². The second kappa shape index (κ2) is 8.83. The summed E-state index contributed by atoms with van der Waals surface area (Å²) in [5.74, 6) is 0. The van der Waals surface area contributed by atoms with Crippen molar-refractivity contribution in [3.05, 3.63) is 15.6 Å². The van der Waals surface area contributed by atoms with Gasteiger partial charge < -0.3 is 14.8 Å². The molecule has 0 aliphatic carbocycles. The van der Waals surface area contributed by atoms with Crippen LogP contribution in [0.3, 0.4) is 0 Å². The van der Waals surface area contributed by atoms with Gasteiger partial charge in [0.05, 0.1) is 12.3 Å². The first-order chi connectivity index (χ1) is 9.93. The van der Waals surface area contributed by atoms with Gasteiger partial charge in [0.1, 0.15) is 11.1 Å². The summed E-state index contributed by atoms with van der Waals surface area (Å²) in [5.41, 5.74) is 1.07. The van der Waals surface area contributed by atoms with Crippen molar-refractivity contribution in [2.75, 3.05) is 20.3 Å². The molecule has 1 unspecified atom stereocenters. The van der Waals surface area contributed by atoms with Crippen LogP contribution < -0.4 is 5.32 Å². The zero-order valence-electron chi connectivity index (χ0n) is 14.3. The highest BCUT2D eigenvalue weighted by Crippen LogP contribution is 2.39. The zero-order chi connectivity index (χ0) is 15.9. The largest absolute Gasteiger partial charge is 0.378 e. The van der Waals surface area contributed by atoms with Crippen LogP contribution in [0.4, 0.5) is 0 Å². The third-order valence-corrected chi connectivity index (χ3v) is 4.27. The van der Waals surface area contributed by atoms with E-state index in [1.54, 1.807) is 18.4 Å². The summed E-state index contributed by atoms with van der Waals surface area (Å²) in [5, 5.41) is 4.51. The molecular weight excluding hydrogens is 284 g/mol. The van der Waals surface area contributed by atoms with Gasteiger partial charge in [-0.2, -0.15) is 0 Å². The monoisotopic (exact) mass is 314 g/mol. The van der Waals surface area contributed by atoms with Gasteiger partial charge in [-0.25, -0.2) is 4.98 Å². The SMILES string of the molecule is CCCNCc1sc(C(OCC)C(C)(C)C)nc1COC. The first-order valence-electron chi connectivity index (χ1n) is 7.73. The summed E-state index contributed by atoms with van der Waals surface area (Å²) >= 11 is 1.75. The Morgan fingerprint density at radius 2 is 2.00 bits per heavy atom. The van der Waals surface area contributed by atoms with Gasteiger partial charge in [-0.1, -0.05) is 27.7 Å². The maximum absolute atomic E-state index is 5.95. The molecule has 1 aromatic rings. The topological polar surface area (TPSA) is 43.4 Å². The molecule has 0 saturated carbocycles. The summed E-state index contributed by atoms with van der Waals surface area (Å²) in [7, 11) is 1.71. The van der Waals surface area contributed by atoms with Crippen LogP contribution in [0.1, 0.15) is 62.7 Å². The molecule has 0 aliphatic rings. The van der Waals surface area contributed by atoms with Gasteiger partial charge in [-0.05, 0) is 25.3 Å². The highest BCUT2D eigenvalue weighted by Gasteiger charge is 2.30. The molecule has 122 valence electrons. The van der Waals surface area contributed by atoms with Crippen molar-refractivity contribution >= 4 is 11.3 Å². The Bertz CT molecular complexity index is 413. The molecule has 1 N–H and O–H groups in total. The maximum Gasteiger partial charge on any atom is 0.123 e. The van der Waals surface area contributed by atoms with Crippen molar-refractivity contribution in [3.8, 4) is 0 Å². The fraction of sp³-hybridized carbons (Fsp3) is 0.812. The molecule has 1 aromatic heterocycles. The molecule has 0 aromatic carbocycles. The fourth-order valence-corrected chi connectivity index (χ4v) is 3.47. The minimum atomic E-state index is 0.0306. The number of nitrogens with zero attached hydrogens (tertiary/aromatic N) is 1. The van der Waals surface area contributed by atoms with Gasteiger partial charge in [0.2, 0.25) is 0 Å². The minimum absolute atomic E-state index is 0.0306. The van der Waals surface area contributed by atoms with E-state index in [4.69, 9.17) is 14.5 Å². The highest BCUT2D eigenvalue weighted by molar-refractivity contribution is 7.11. The van der Waals surface area contributed by atoms with Crippen LogP contribution in [0.25, 0.3) is 0 Å². The third-order valence-electron chi connectivity index (χ3n) is 3.13. The summed E-state index contributed by atoms with van der Waals surface area (Å²) in [4.78, 5) is 6.05. The van der Waals surface area contributed by atoms with Gasteiger partial charge in [-0.15, -0.1) is 11.3 Å². The quantitative estimate of drug-likeness (QED) is 0.702. The molecule has 0 aliphatic heterocycles. The lowest BCUT2D eigenvalue weighted by atomic mass is 9.89. The van der Waals surface area contributed by atoms with Gasteiger partial charge >= 0.3 is 0 Å². The molecule has 0 amide bonds. The lowest BCUT2D eigenvalue weighted by Gasteiger charge is -2.28. The van der Waals surface area contributed by atoms with E-state index in [0.29, 0.717) is 13.2 Å². The standard InChI is InChI=1S/C16H30N2O2S/c1-7-9-17-10-13-12(11-19-6)18-15(21-13)14(20-8-2)16(3,4)5/h14,17H,7-11H2,1-6H3. The second-order valence-corrected chi connectivity index (χ2v) is 7.35. The van der Waals surface area contributed by atoms with Crippen LogP contribution in [0.2, 0.25) is 0 Å². The van der Waals surface area contributed by atoms with Crippen molar-refractivity contribution in [2.45, 2.75) is 60.3 Å². The van der Waals surface area contributed by atoms with Crippen molar-refractivity contribution in [1.82, 2.24) is 10.3 Å². The molecule has 4 nitrogen and oxygen atoms in total. The number of ether oxygens (including phenoxy) is 2. The number of hydrogen-bond acceptors (Lipinski definition) is 5. The summed E-state index contributed by atoms with van der Waals surface area (Å²) in [6.45, 7) is 13.9. The van der Waals surface area contributed by atoms with E-state index in [9.17, 15) is 0 Å². The van der Waals surface area contributed by atoms with E-state index < -0.39 is 0 Å². The molecule has 1 heterocycles. The molecule has 1 atom stereocenters. The average Bonchev–Trinajstić information content (AvgIpc) is 2.78. The normalized spacial score (nSPS) is 13.6. The van der Waals surface area contributed by atoms with E-state index in [1.165, 1.54) is 4.88 Å². The Hall–Kier alpha value is -0.490. The average molecular weight is 314 g/mol. The van der Waals surface area contributed by atoms with Crippen LogP contribution in [0, 0.1) is 5.41 Å². The Morgan fingerprint density at radius 1 is 1.29 bits per heavy atom. The lowest BCUT2D eigenvalue weighted by Crippen LogP contribution is -2.21. The minimum Gasteiger partial charge on any atom is -0.378 e.